The fourth-order valence-corrected chi connectivity index (χ4v) is 5.03. The number of fused-ring (bicyclic) bond motifs is 1. The van der Waals surface area contributed by atoms with E-state index in [9.17, 15) is 4.79 Å². The third kappa shape index (κ3) is 4.34. The van der Waals surface area contributed by atoms with Crippen LogP contribution in [0.15, 0.2) is 11.4 Å². The Balaban J connectivity index is 1.46. The summed E-state index contributed by atoms with van der Waals surface area (Å²) in [4.78, 5) is 23.2. The van der Waals surface area contributed by atoms with Crippen LogP contribution < -0.4 is 10.2 Å². The molecule has 0 unspecified atom stereocenters. The van der Waals surface area contributed by atoms with Crippen LogP contribution in [0.4, 0.5) is 11.8 Å². The smallest absolute Gasteiger partial charge is 0.306 e. The van der Waals surface area contributed by atoms with Gasteiger partial charge in [0.1, 0.15) is 5.82 Å². The van der Waals surface area contributed by atoms with E-state index >= 15 is 0 Å². The molecule has 4 rings (SSSR count). The zero-order valence-electron chi connectivity index (χ0n) is 15.7. The highest BCUT2D eigenvalue weighted by Crippen LogP contribution is 2.32. The van der Waals surface area contributed by atoms with Crippen LogP contribution in [-0.4, -0.2) is 40.7 Å². The minimum absolute atomic E-state index is 0.154. The summed E-state index contributed by atoms with van der Waals surface area (Å²) in [6.45, 7) is 2.93. The lowest BCUT2D eigenvalue weighted by Gasteiger charge is -2.26. The summed E-state index contributed by atoms with van der Waals surface area (Å²) in [5.41, 5.74) is 1.02. The molecule has 0 bridgehead atoms. The minimum Gasteiger partial charge on any atom is -0.481 e. The fourth-order valence-electron chi connectivity index (χ4n) is 4.24. The molecule has 2 aromatic heterocycles. The van der Waals surface area contributed by atoms with Gasteiger partial charge < -0.3 is 15.3 Å². The third-order valence-electron chi connectivity index (χ3n) is 5.93. The monoisotopic (exact) mass is 388 g/mol. The largest absolute Gasteiger partial charge is 0.481 e. The topological polar surface area (TPSA) is 78.3 Å². The second-order valence-corrected chi connectivity index (χ2v) is 8.76. The number of nitrogens with one attached hydrogen (secondary N) is 1. The predicted octanol–water partition coefficient (Wildman–Crippen LogP) is 4.37. The fraction of sp³-hybridized carbons (Fsp3) is 0.650. The van der Waals surface area contributed by atoms with Gasteiger partial charge in [-0.1, -0.05) is 12.8 Å². The van der Waals surface area contributed by atoms with Gasteiger partial charge in [0, 0.05) is 19.6 Å². The number of hydrogen-bond acceptors (Lipinski definition) is 6. The molecule has 1 saturated carbocycles. The van der Waals surface area contributed by atoms with Gasteiger partial charge in [0.25, 0.3) is 0 Å². The number of thiophene rings is 1. The lowest BCUT2D eigenvalue weighted by molar-refractivity contribution is -0.143. The van der Waals surface area contributed by atoms with Crippen molar-refractivity contribution in [2.75, 3.05) is 29.9 Å². The van der Waals surface area contributed by atoms with E-state index in [0.717, 1.165) is 67.3 Å². The van der Waals surface area contributed by atoms with Gasteiger partial charge in [0.15, 0.2) is 0 Å². The summed E-state index contributed by atoms with van der Waals surface area (Å²) >= 11 is 1.68. The van der Waals surface area contributed by atoms with Gasteiger partial charge in [-0.25, -0.2) is 4.98 Å². The predicted molar refractivity (Wildman–Crippen MR) is 110 cm³/mol. The van der Waals surface area contributed by atoms with Gasteiger partial charge >= 0.3 is 5.97 Å². The molecule has 27 heavy (non-hydrogen) atoms. The van der Waals surface area contributed by atoms with Gasteiger partial charge in [-0.3, -0.25) is 4.79 Å². The highest BCUT2D eigenvalue weighted by atomic mass is 32.1. The van der Waals surface area contributed by atoms with Crippen molar-refractivity contribution >= 4 is 39.3 Å². The number of carboxylic acids is 1. The van der Waals surface area contributed by atoms with Crippen molar-refractivity contribution in [2.45, 2.75) is 51.4 Å². The molecule has 0 atom stereocenters. The Morgan fingerprint density at radius 1 is 1.15 bits per heavy atom. The first-order chi connectivity index (χ1) is 13.2. The summed E-state index contributed by atoms with van der Waals surface area (Å²) in [5, 5.41) is 14.8. The Kier molecular flexibility index (Phi) is 5.76. The molecule has 146 valence electrons. The molecular weight excluding hydrogens is 360 g/mol. The molecule has 0 spiro atoms. The van der Waals surface area contributed by atoms with Gasteiger partial charge in [0.2, 0.25) is 5.95 Å². The third-order valence-corrected chi connectivity index (χ3v) is 6.85. The Labute approximate surface area is 164 Å². The molecule has 1 aliphatic heterocycles. The van der Waals surface area contributed by atoms with E-state index in [1.54, 1.807) is 11.3 Å². The average molecular weight is 389 g/mol. The van der Waals surface area contributed by atoms with E-state index in [4.69, 9.17) is 15.1 Å². The number of aromatic nitrogens is 2. The normalized spacial score (nSPS) is 23.9. The SMILES string of the molecule is O=C(O)C1CCC(CNc2nc(N3CCCCCC3)nc3ccsc23)CC1. The maximum Gasteiger partial charge on any atom is 0.306 e. The van der Waals surface area contributed by atoms with Crippen LogP contribution in [0.3, 0.4) is 0 Å². The zero-order valence-corrected chi connectivity index (χ0v) is 16.5. The number of carboxylic acid groups (broad SMARTS) is 1. The van der Waals surface area contributed by atoms with Gasteiger partial charge in [-0.05, 0) is 55.9 Å². The molecule has 1 saturated heterocycles. The average Bonchev–Trinajstić information content (AvgIpc) is 2.99. The highest BCUT2D eigenvalue weighted by molar-refractivity contribution is 7.17. The summed E-state index contributed by atoms with van der Waals surface area (Å²) in [5.74, 6) is 1.51. The van der Waals surface area contributed by atoms with Gasteiger partial charge in [0.05, 0.1) is 16.1 Å². The van der Waals surface area contributed by atoms with Crippen molar-refractivity contribution in [1.82, 2.24) is 9.97 Å². The zero-order chi connectivity index (χ0) is 18.6. The second-order valence-electron chi connectivity index (χ2n) is 7.85. The molecule has 1 aliphatic carbocycles. The maximum absolute atomic E-state index is 11.1. The number of rotatable bonds is 5. The number of anilines is 2. The lowest BCUT2D eigenvalue weighted by atomic mass is 9.82. The van der Waals surface area contributed by atoms with E-state index in [2.05, 4.69) is 21.7 Å². The summed E-state index contributed by atoms with van der Waals surface area (Å²) < 4.78 is 1.12. The van der Waals surface area contributed by atoms with Crippen LogP contribution >= 0.6 is 11.3 Å². The Bertz CT molecular complexity index is 777. The van der Waals surface area contributed by atoms with Gasteiger partial charge in [-0.15, -0.1) is 11.3 Å². The molecular formula is C20H28N4O2S. The molecule has 0 aromatic carbocycles. The molecule has 2 fully saturated rings. The van der Waals surface area contributed by atoms with E-state index in [-0.39, 0.29) is 5.92 Å². The van der Waals surface area contributed by atoms with E-state index in [1.165, 1.54) is 25.7 Å². The molecule has 0 radical (unpaired) electrons. The quantitative estimate of drug-likeness (QED) is 0.792. The molecule has 2 aromatic rings. The van der Waals surface area contributed by atoms with Crippen LogP contribution in [0.2, 0.25) is 0 Å². The summed E-state index contributed by atoms with van der Waals surface area (Å²) in [6, 6.07) is 2.08. The first-order valence-corrected chi connectivity index (χ1v) is 11.1. The van der Waals surface area contributed by atoms with Crippen molar-refractivity contribution < 1.29 is 9.90 Å². The van der Waals surface area contributed by atoms with Crippen molar-refractivity contribution in [3.63, 3.8) is 0 Å². The van der Waals surface area contributed by atoms with Crippen molar-refractivity contribution in [1.29, 1.82) is 0 Å². The highest BCUT2D eigenvalue weighted by Gasteiger charge is 2.26. The molecule has 0 amide bonds. The van der Waals surface area contributed by atoms with Crippen molar-refractivity contribution in [3.8, 4) is 0 Å². The molecule has 2 N–H and O–H groups in total. The Morgan fingerprint density at radius 2 is 1.89 bits per heavy atom. The minimum atomic E-state index is -0.639. The van der Waals surface area contributed by atoms with Crippen LogP contribution in [0, 0.1) is 11.8 Å². The number of carbonyl (C=O) groups is 1. The first-order valence-electron chi connectivity index (χ1n) is 10.2. The second kappa shape index (κ2) is 8.42. The molecule has 7 heteroatoms. The van der Waals surface area contributed by atoms with Crippen LogP contribution in [0.25, 0.3) is 10.2 Å². The van der Waals surface area contributed by atoms with Crippen LogP contribution in [-0.2, 0) is 4.79 Å². The van der Waals surface area contributed by atoms with E-state index in [0.29, 0.717) is 5.92 Å². The van der Waals surface area contributed by atoms with E-state index in [1.807, 2.05) is 0 Å². The molecule has 6 nitrogen and oxygen atoms in total. The standard InChI is InChI=1S/C20H28N4O2S/c25-19(26)15-7-5-14(6-8-15)13-21-18-17-16(9-12-27-17)22-20(23-18)24-10-3-1-2-4-11-24/h9,12,14-15H,1-8,10-11,13H2,(H,25,26)(H,21,22,23). The van der Waals surface area contributed by atoms with Crippen LogP contribution in [0.1, 0.15) is 51.4 Å². The Morgan fingerprint density at radius 3 is 2.59 bits per heavy atom. The molecule has 2 aliphatic rings. The number of nitrogens with zero attached hydrogens (tertiary/aromatic N) is 3. The summed E-state index contributed by atoms with van der Waals surface area (Å²) in [7, 11) is 0. The first kappa shape index (κ1) is 18.5. The van der Waals surface area contributed by atoms with E-state index < -0.39 is 5.97 Å². The van der Waals surface area contributed by atoms with Crippen molar-refractivity contribution in [2.24, 2.45) is 11.8 Å². The molecule has 3 heterocycles. The number of aliphatic carboxylic acids is 1. The number of hydrogen-bond donors (Lipinski definition) is 2. The van der Waals surface area contributed by atoms with Crippen LogP contribution in [0.5, 0.6) is 0 Å². The van der Waals surface area contributed by atoms with Crippen molar-refractivity contribution in [3.05, 3.63) is 11.4 Å². The van der Waals surface area contributed by atoms with Gasteiger partial charge in [-0.2, -0.15) is 4.98 Å². The maximum atomic E-state index is 11.1. The summed E-state index contributed by atoms with van der Waals surface area (Å²) in [6.07, 6.45) is 8.53. The lowest BCUT2D eigenvalue weighted by Crippen LogP contribution is -2.27. The Hall–Kier alpha value is -1.89.